The first-order valence-electron chi connectivity index (χ1n) is 7.13. The molecule has 0 fully saturated rings. The third-order valence-electron chi connectivity index (χ3n) is 3.48. The van der Waals surface area contributed by atoms with E-state index in [2.05, 4.69) is 11.4 Å². The van der Waals surface area contributed by atoms with E-state index < -0.39 is 0 Å². The second kappa shape index (κ2) is 6.77. The molecule has 2 heterocycles. The van der Waals surface area contributed by atoms with Gasteiger partial charge >= 0.3 is 0 Å². The molecule has 3 rings (SSSR count). The lowest BCUT2D eigenvalue weighted by molar-refractivity contribution is -0.116. The standard InChI is InChI=1S/C17H17NO3S/c19-10-13-8-15(22-11-13)2-4-17(20)18-9-12-1-3-16-14(7-12)5-6-21-16/h1-4,7-8,11,19H,5-6,9-10H2,(H,18,20)/b4-2+. The van der Waals surface area contributed by atoms with E-state index in [0.717, 1.165) is 34.8 Å². The Morgan fingerprint density at radius 1 is 1.36 bits per heavy atom. The third kappa shape index (κ3) is 3.55. The van der Waals surface area contributed by atoms with Gasteiger partial charge in [0.2, 0.25) is 5.91 Å². The average molecular weight is 315 g/mol. The summed E-state index contributed by atoms with van der Waals surface area (Å²) in [6.45, 7) is 1.27. The highest BCUT2D eigenvalue weighted by atomic mass is 32.1. The van der Waals surface area contributed by atoms with Gasteiger partial charge in [-0.2, -0.15) is 0 Å². The van der Waals surface area contributed by atoms with Crippen molar-refractivity contribution in [2.45, 2.75) is 19.6 Å². The van der Waals surface area contributed by atoms with Gasteiger partial charge in [0.05, 0.1) is 13.2 Å². The molecule has 0 saturated heterocycles. The van der Waals surface area contributed by atoms with Crippen LogP contribution in [0.1, 0.15) is 21.6 Å². The lowest BCUT2D eigenvalue weighted by atomic mass is 10.1. The fourth-order valence-corrected chi connectivity index (χ4v) is 3.12. The van der Waals surface area contributed by atoms with Gasteiger partial charge < -0.3 is 15.2 Å². The molecule has 1 aromatic heterocycles. The SMILES string of the molecule is O=C(/C=C/c1cc(CO)cs1)NCc1ccc2c(c1)CCO2. The van der Waals surface area contributed by atoms with Crippen LogP contribution in [-0.4, -0.2) is 17.6 Å². The first-order chi connectivity index (χ1) is 10.7. The van der Waals surface area contributed by atoms with Crippen LogP contribution in [0.5, 0.6) is 5.75 Å². The normalized spacial score (nSPS) is 13.1. The van der Waals surface area contributed by atoms with E-state index >= 15 is 0 Å². The number of carbonyl (C=O) groups excluding carboxylic acids is 1. The Balaban J connectivity index is 1.53. The van der Waals surface area contributed by atoms with Crippen LogP contribution in [0.4, 0.5) is 0 Å². The third-order valence-corrected chi connectivity index (χ3v) is 4.42. The predicted molar refractivity (Wildman–Crippen MR) is 86.8 cm³/mol. The lowest BCUT2D eigenvalue weighted by Gasteiger charge is -2.05. The summed E-state index contributed by atoms with van der Waals surface area (Å²) in [5.74, 6) is 0.822. The summed E-state index contributed by atoms with van der Waals surface area (Å²) in [5, 5.41) is 13.7. The summed E-state index contributed by atoms with van der Waals surface area (Å²) >= 11 is 1.50. The molecule has 4 nitrogen and oxygen atoms in total. The van der Waals surface area contributed by atoms with Gasteiger partial charge in [0.1, 0.15) is 5.75 Å². The molecule has 1 aliphatic heterocycles. The Morgan fingerprint density at radius 3 is 3.09 bits per heavy atom. The Bertz CT molecular complexity index is 706. The maximum absolute atomic E-state index is 11.8. The van der Waals surface area contributed by atoms with Crippen LogP contribution in [0.3, 0.4) is 0 Å². The van der Waals surface area contributed by atoms with Crippen molar-refractivity contribution in [1.82, 2.24) is 5.32 Å². The van der Waals surface area contributed by atoms with Gasteiger partial charge in [-0.15, -0.1) is 11.3 Å². The molecule has 1 amide bonds. The van der Waals surface area contributed by atoms with Crippen molar-refractivity contribution in [3.8, 4) is 5.75 Å². The second-order valence-corrected chi connectivity index (χ2v) is 6.05. The zero-order valence-electron chi connectivity index (χ0n) is 12.0. The van der Waals surface area contributed by atoms with Gasteiger partial charge in [0.15, 0.2) is 0 Å². The molecule has 2 aromatic rings. The van der Waals surface area contributed by atoms with E-state index in [4.69, 9.17) is 9.84 Å². The van der Waals surface area contributed by atoms with Crippen molar-refractivity contribution in [3.05, 3.63) is 57.3 Å². The Kier molecular flexibility index (Phi) is 4.56. The van der Waals surface area contributed by atoms with Gasteiger partial charge in [-0.1, -0.05) is 12.1 Å². The summed E-state index contributed by atoms with van der Waals surface area (Å²) in [4.78, 5) is 12.8. The lowest BCUT2D eigenvalue weighted by Crippen LogP contribution is -2.20. The van der Waals surface area contributed by atoms with Crippen molar-refractivity contribution < 1.29 is 14.6 Å². The molecule has 22 heavy (non-hydrogen) atoms. The first kappa shape index (κ1) is 14.8. The zero-order chi connectivity index (χ0) is 15.4. The van der Waals surface area contributed by atoms with Crippen LogP contribution in [0, 0.1) is 0 Å². The van der Waals surface area contributed by atoms with Crippen LogP contribution in [0.25, 0.3) is 6.08 Å². The van der Waals surface area contributed by atoms with Crippen molar-refractivity contribution in [1.29, 1.82) is 0 Å². The van der Waals surface area contributed by atoms with Gasteiger partial charge in [-0.05, 0) is 40.3 Å². The zero-order valence-corrected chi connectivity index (χ0v) is 12.9. The highest BCUT2D eigenvalue weighted by Gasteiger charge is 2.11. The number of benzene rings is 1. The number of fused-ring (bicyclic) bond motifs is 1. The number of hydrogen-bond acceptors (Lipinski definition) is 4. The molecule has 1 aliphatic rings. The molecule has 1 aromatic carbocycles. The van der Waals surface area contributed by atoms with Crippen LogP contribution >= 0.6 is 11.3 Å². The Hall–Kier alpha value is -2.11. The summed E-state index contributed by atoms with van der Waals surface area (Å²) in [6, 6.07) is 7.89. The van der Waals surface area contributed by atoms with E-state index in [9.17, 15) is 4.79 Å². The fraction of sp³-hybridized carbons (Fsp3) is 0.235. The molecule has 0 aliphatic carbocycles. The number of nitrogens with one attached hydrogen (secondary N) is 1. The number of amides is 1. The quantitative estimate of drug-likeness (QED) is 0.834. The number of rotatable bonds is 5. The molecule has 0 bridgehead atoms. The average Bonchev–Trinajstić information content (AvgIpc) is 3.19. The van der Waals surface area contributed by atoms with E-state index in [0.29, 0.717) is 6.54 Å². The molecule has 2 N–H and O–H groups in total. The number of aliphatic hydroxyl groups is 1. The van der Waals surface area contributed by atoms with Crippen molar-refractivity contribution >= 4 is 23.3 Å². The van der Waals surface area contributed by atoms with Crippen LogP contribution in [0.2, 0.25) is 0 Å². The second-order valence-electron chi connectivity index (χ2n) is 5.11. The highest BCUT2D eigenvalue weighted by molar-refractivity contribution is 7.11. The minimum Gasteiger partial charge on any atom is -0.493 e. The van der Waals surface area contributed by atoms with Gasteiger partial charge in [0, 0.05) is 23.9 Å². The number of carbonyl (C=O) groups is 1. The van der Waals surface area contributed by atoms with Crippen LogP contribution in [0.15, 0.2) is 35.7 Å². The first-order valence-corrected chi connectivity index (χ1v) is 8.01. The summed E-state index contributed by atoms with van der Waals surface area (Å²) in [6.07, 6.45) is 4.21. The molecule has 0 radical (unpaired) electrons. The summed E-state index contributed by atoms with van der Waals surface area (Å²) in [5.41, 5.74) is 3.15. The molecule has 0 unspecified atom stereocenters. The Labute approximate surface area is 133 Å². The monoisotopic (exact) mass is 315 g/mol. The fourth-order valence-electron chi connectivity index (χ4n) is 2.32. The molecule has 0 spiro atoms. The number of hydrogen-bond donors (Lipinski definition) is 2. The van der Waals surface area contributed by atoms with E-state index in [1.165, 1.54) is 23.0 Å². The summed E-state index contributed by atoms with van der Waals surface area (Å²) < 4.78 is 5.46. The van der Waals surface area contributed by atoms with Gasteiger partial charge in [0.25, 0.3) is 0 Å². The maximum Gasteiger partial charge on any atom is 0.244 e. The number of ether oxygens (including phenoxy) is 1. The van der Waals surface area contributed by atoms with Gasteiger partial charge in [-0.3, -0.25) is 4.79 Å². The van der Waals surface area contributed by atoms with Crippen molar-refractivity contribution in [2.75, 3.05) is 6.61 Å². The highest BCUT2D eigenvalue weighted by Crippen LogP contribution is 2.25. The minimum absolute atomic E-state index is 0.0264. The summed E-state index contributed by atoms with van der Waals surface area (Å²) in [7, 11) is 0. The molecule has 5 heteroatoms. The largest absolute Gasteiger partial charge is 0.493 e. The molecular weight excluding hydrogens is 298 g/mol. The van der Waals surface area contributed by atoms with Crippen molar-refractivity contribution in [3.63, 3.8) is 0 Å². The van der Waals surface area contributed by atoms with E-state index in [-0.39, 0.29) is 12.5 Å². The maximum atomic E-state index is 11.8. The predicted octanol–water partition coefficient (Wildman–Crippen LogP) is 2.50. The topological polar surface area (TPSA) is 58.6 Å². The smallest absolute Gasteiger partial charge is 0.244 e. The van der Waals surface area contributed by atoms with E-state index in [1.807, 2.05) is 23.6 Å². The number of aliphatic hydroxyl groups excluding tert-OH is 1. The minimum atomic E-state index is -0.129. The van der Waals surface area contributed by atoms with Crippen LogP contribution < -0.4 is 10.1 Å². The number of thiophene rings is 1. The van der Waals surface area contributed by atoms with Gasteiger partial charge in [-0.25, -0.2) is 0 Å². The molecular formula is C17H17NO3S. The molecule has 114 valence electrons. The molecule has 0 atom stereocenters. The van der Waals surface area contributed by atoms with Crippen molar-refractivity contribution in [2.24, 2.45) is 0 Å². The van der Waals surface area contributed by atoms with E-state index in [1.54, 1.807) is 6.08 Å². The Morgan fingerprint density at radius 2 is 2.27 bits per heavy atom. The van der Waals surface area contributed by atoms with Crippen LogP contribution in [-0.2, 0) is 24.4 Å². The molecule has 0 saturated carbocycles.